The Morgan fingerprint density at radius 3 is 2.34 bits per heavy atom. The van der Waals surface area contributed by atoms with Crippen molar-refractivity contribution < 1.29 is 22.7 Å². The standard InChI is InChI=1S/C21H26N2O5S/c1-6-28-21(25)18-9-7-8-10-19(18)22-20(24)16(4)23(29(5,26)27)17-12-11-14(2)15(3)13-17/h7-13,16H,6H2,1-5H3,(H,22,24). The van der Waals surface area contributed by atoms with Gasteiger partial charge >= 0.3 is 5.97 Å². The summed E-state index contributed by atoms with van der Waals surface area (Å²) < 4.78 is 31.0. The van der Waals surface area contributed by atoms with E-state index in [1.165, 1.54) is 13.0 Å². The number of ether oxygens (including phenoxy) is 1. The summed E-state index contributed by atoms with van der Waals surface area (Å²) in [4.78, 5) is 25.0. The predicted molar refractivity (Wildman–Crippen MR) is 114 cm³/mol. The fourth-order valence-electron chi connectivity index (χ4n) is 2.89. The van der Waals surface area contributed by atoms with Gasteiger partial charge in [0.1, 0.15) is 6.04 Å². The first-order valence-electron chi connectivity index (χ1n) is 9.20. The van der Waals surface area contributed by atoms with Crippen LogP contribution in [0.4, 0.5) is 11.4 Å². The molecule has 0 heterocycles. The average Bonchev–Trinajstić information content (AvgIpc) is 2.64. The molecule has 0 aliphatic rings. The number of carbonyl (C=O) groups is 2. The SMILES string of the molecule is CCOC(=O)c1ccccc1NC(=O)C(C)N(c1ccc(C)c(C)c1)S(C)(=O)=O. The first-order valence-corrected chi connectivity index (χ1v) is 11.0. The van der Waals surface area contributed by atoms with Crippen molar-refractivity contribution in [1.29, 1.82) is 0 Å². The quantitative estimate of drug-likeness (QED) is 0.697. The normalized spacial score (nSPS) is 12.2. The van der Waals surface area contributed by atoms with Gasteiger partial charge in [-0.2, -0.15) is 0 Å². The van der Waals surface area contributed by atoms with Crippen molar-refractivity contribution in [3.8, 4) is 0 Å². The lowest BCUT2D eigenvalue weighted by Crippen LogP contribution is -2.45. The van der Waals surface area contributed by atoms with Crippen LogP contribution in [0.1, 0.15) is 35.3 Å². The van der Waals surface area contributed by atoms with E-state index in [1.807, 2.05) is 19.9 Å². The molecule has 1 unspecified atom stereocenters. The Hall–Kier alpha value is -2.87. The van der Waals surface area contributed by atoms with E-state index in [9.17, 15) is 18.0 Å². The number of hydrogen-bond acceptors (Lipinski definition) is 5. The summed E-state index contributed by atoms with van der Waals surface area (Å²) in [6.07, 6.45) is 1.05. The van der Waals surface area contributed by atoms with E-state index in [0.717, 1.165) is 21.7 Å². The van der Waals surface area contributed by atoms with Gasteiger partial charge in [-0.3, -0.25) is 9.10 Å². The van der Waals surface area contributed by atoms with E-state index in [2.05, 4.69) is 5.32 Å². The maximum atomic E-state index is 12.9. The molecule has 0 saturated carbocycles. The lowest BCUT2D eigenvalue weighted by molar-refractivity contribution is -0.116. The van der Waals surface area contributed by atoms with Crippen molar-refractivity contribution in [2.45, 2.75) is 33.7 Å². The van der Waals surface area contributed by atoms with Crippen LogP contribution in [-0.2, 0) is 19.6 Å². The van der Waals surface area contributed by atoms with Crippen LogP contribution in [0.15, 0.2) is 42.5 Å². The minimum absolute atomic E-state index is 0.201. The number of carbonyl (C=O) groups excluding carboxylic acids is 2. The molecule has 0 aliphatic carbocycles. The van der Waals surface area contributed by atoms with Crippen molar-refractivity contribution >= 4 is 33.3 Å². The number of anilines is 2. The van der Waals surface area contributed by atoms with Gasteiger partial charge in [0.2, 0.25) is 15.9 Å². The molecule has 0 spiro atoms. The predicted octanol–water partition coefficient (Wildman–Crippen LogP) is 3.27. The van der Waals surface area contributed by atoms with Crippen LogP contribution >= 0.6 is 0 Å². The van der Waals surface area contributed by atoms with E-state index in [0.29, 0.717) is 5.69 Å². The number of amides is 1. The van der Waals surface area contributed by atoms with Crippen LogP contribution in [0.2, 0.25) is 0 Å². The number of rotatable bonds is 7. The Bertz CT molecular complexity index is 1020. The molecule has 2 aromatic carbocycles. The summed E-state index contributed by atoms with van der Waals surface area (Å²) in [7, 11) is -3.74. The minimum Gasteiger partial charge on any atom is -0.462 e. The molecule has 0 aromatic heterocycles. The summed E-state index contributed by atoms with van der Waals surface area (Å²) in [6, 6.07) is 10.6. The molecule has 2 aromatic rings. The van der Waals surface area contributed by atoms with E-state index in [1.54, 1.807) is 37.3 Å². The summed E-state index contributed by atoms with van der Waals surface area (Å²) in [5.41, 5.74) is 2.79. The zero-order valence-corrected chi connectivity index (χ0v) is 18.0. The van der Waals surface area contributed by atoms with Gasteiger partial charge < -0.3 is 10.1 Å². The molecule has 2 rings (SSSR count). The Labute approximate surface area is 171 Å². The third-order valence-corrected chi connectivity index (χ3v) is 5.76. The van der Waals surface area contributed by atoms with Gasteiger partial charge in [-0.25, -0.2) is 13.2 Å². The molecule has 156 valence electrons. The first kappa shape index (κ1) is 22.4. The van der Waals surface area contributed by atoms with Gasteiger partial charge in [0.25, 0.3) is 0 Å². The number of nitrogens with zero attached hydrogens (tertiary/aromatic N) is 1. The number of hydrogen-bond donors (Lipinski definition) is 1. The van der Waals surface area contributed by atoms with Crippen LogP contribution in [0, 0.1) is 13.8 Å². The number of para-hydroxylation sites is 1. The van der Waals surface area contributed by atoms with Crippen molar-refractivity contribution in [3.05, 3.63) is 59.2 Å². The minimum atomic E-state index is -3.74. The smallest absolute Gasteiger partial charge is 0.340 e. The Morgan fingerprint density at radius 1 is 1.10 bits per heavy atom. The fourth-order valence-corrected chi connectivity index (χ4v) is 4.05. The number of esters is 1. The zero-order valence-electron chi connectivity index (χ0n) is 17.2. The first-order chi connectivity index (χ1) is 13.6. The van der Waals surface area contributed by atoms with Gasteiger partial charge in [0, 0.05) is 0 Å². The molecule has 29 heavy (non-hydrogen) atoms. The Balaban J connectivity index is 2.36. The van der Waals surface area contributed by atoms with Gasteiger partial charge in [-0.05, 0) is 63.1 Å². The summed E-state index contributed by atoms with van der Waals surface area (Å²) >= 11 is 0. The second-order valence-corrected chi connectivity index (χ2v) is 8.62. The van der Waals surface area contributed by atoms with E-state index >= 15 is 0 Å². The van der Waals surface area contributed by atoms with Crippen LogP contribution in [-0.4, -0.2) is 39.2 Å². The maximum Gasteiger partial charge on any atom is 0.340 e. The Morgan fingerprint density at radius 2 is 1.76 bits per heavy atom. The molecule has 1 atom stereocenters. The van der Waals surface area contributed by atoms with Gasteiger partial charge in [-0.1, -0.05) is 18.2 Å². The molecule has 0 radical (unpaired) electrons. The lowest BCUT2D eigenvalue weighted by Gasteiger charge is -2.29. The Kier molecular flexibility index (Phi) is 7.02. The third-order valence-electron chi connectivity index (χ3n) is 4.51. The number of benzene rings is 2. The lowest BCUT2D eigenvalue weighted by atomic mass is 10.1. The molecule has 0 aliphatic heterocycles. The number of sulfonamides is 1. The second kappa shape index (κ2) is 9.09. The van der Waals surface area contributed by atoms with Crippen molar-refractivity contribution in [2.75, 3.05) is 22.5 Å². The molecule has 7 nitrogen and oxygen atoms in total. The van der Waals surface area contributed by atoms with Gasteiger partial charge in [0.05, 0.1) is 29.8 Å². The van der Waals surface area contributed by atoms with Crippen molar-refractivity contribution in [3.63, 3.8) is 0 Å². The topological polar surface area (TPSA) is 92.8 Å². The number of aryl methyl sites for hydroxylation is 2. The van der Waals surface area contributed by atoms with Crippen LogP contribution < -0.4 is 9.62 Å². The van der Waals surface area contributed by atoms with Crippen molar-refractivity contribution in [1.82, 2.24) is 0 Å². The van der Waals surface area contributed by atoms with Crippen molar-refractivity contribution in [2.24, 2.45) is 0 Å². The monoisotopic (exact) mass is 418 g/mol. The molecule has 0 saturated heterocycles. The molecular weight excluding hydrogens is 392 g/mol. The van der Waals surface area contributed by atoms with Crippen LogP contribution in [0.25, 0.3) is 0 Å². The third kappa shape index (κ3) is 5.35. The molecule has 0 bridgehead atoms. The molecule has 1 amide bonds. The summed E-state index contributed by atoms with van der Waals surface area (Å²) in [6.45, 7) is 7.19. The van der Waals surface area contributed by atoms with Crippen LogP contribution in [0.3, 0.4) is 0 Å². The second-order valence-electron chi connectivity index (χ2n) is 6.76. The summed E-state index contributed by atoms with van der Waals surface area (Å²) in [5, 5.41) is 2.65. The maximum absolute atomic E-state index is 12.9. The highest BCUT2D eigenvalue weighted by atomic mass is 32.2. The van der Waals surface area contributed by atoms with Gasteiger partial charge in [0.15, 0.2) is 0 Å². The summed E-state index contributed by atoms with van der Waals surface area (Å²) in [5.74, 6) is -1.13. The molecule has 1 N–H and O–H groups in total. The number of nitrogens with one attached hydrogen (secondary N) is 1. The molecular formula is C21H26N2O5S. The fraction of sp³-hybridized carbons (Fsp3) is 0.333. The average molecular weight is 419 g/mol. The zero-order chi connectivity index (χ0) is 21.8. The van der Waals surface area contributed by atoms with Crippen LogP contribution in [0.5, 0.6) is 0 Å². The highest BCUT2D eigenvalue weighted by molar-refractivity contribution is 7.92. The largest absolute Gasteiger partial charge is 0.462 e. The van der Waals surface area contributed by atoms with Gasteiger partial charge in [-0.15, -0.1) is 0 Å². The highest BCUT2D eigenvalue weighted by Crippen LogP contribution is 2.25. The van der Waals surface area contributed by atoms with E-state index < -0.39 is 27.9 Å². The molecule has 8 heteroatoms. The van der Waals surface area contributed by atoms with E-state index in [4.69, 9.17) is 4.74 Å². The highest BCUT2D eigenvalue weighted by Gasteiger charge is 2.30. The molecule has 0 fully saturated rings. The van der Waals surface area contributed by atoms with E-state index in [-0.39, 0.29) is 17.9 Å².